The number of rotatable bonds is 2. The lowest BCUT2D eigenvalue weighted by molar-refractivity contribution is -0.122. The van der Waals surface area contributed by atoms with Crippen LogP contribution < -0.4 is 5.32 Å². The maximum atomic E-state index is 11.7. The van der Waals surface area contributed by atoms with Gasteiger partial charge in [0.1, 0.15) is 5.60 Å². The van der Waals surface area contributed by atoms with E-state index in [1.54, 1.807) is 27.7 Å². The van der Waals surface area contributed by atoms with Crippen LogP contribution in [0.15, 0.2) is 0 Å². The van der Waals surface area contributed by atoms with Gasteiger partial charge in [-0.15, -0.1) is 6.42 Å². The maximum absolute atomic E-state index is 11.7. The van der Waals surface area contributed by atoms with Gasteiger partial charge in [-0.3, -0.25) is 4.79 Å². The van der Waals surface area contributed by atoms with E-state index in [4.69, 9.17) is 15.9 Å². The van der Waals surface area contributed by atoms with Crippen molar-refractivity contribution in [3.05, 3.63) is 0 Å². The molecule has 18 heavy (non-hydrogen) atoms. The van der Waals surface area contributed by atoms with E-state index in [-0.39, 0.29) is 19.0 Å². The third-order valence-electron chi connectivity index (χ3n) is 2.80. The summed E-state index contributed by atoms with van der Waals surface area (Å²) in [6.45, 7) is 7.44. The Balaban J connectivity index is 2.70. The first-order chi connectivity index (χ1) is 8.19. The first-order valence-electron chi connectivity index (χ1n) is 5.77. The summed E-state index contributed by atoms with van der Waals surface area (Å²) in [4.78, 5) is 23.4. The number of ether oxygens (including phenoxy) is 2. The lowest BCUT2D eigenvalue weighted by Gasteiger charge is -2.28. The summed E-state index contributed by atoms with van der Waals surface area (Å²) in [5, 5.41) is 2.64. The molecule has 1 N–H and O–H groups in total. The Labute approximate surface area is 107 Å². The van der Waals surface area contributed by atoms with Crippen molar-refractivity contribution in [3.63, 3.8) is 0 Å². The normalized spacial score (nSPS) is 27.4. The highest BCUT2D eigenvalue weighted by molar-refractivity contribution is 6.00. The number of ketones is 1. The molecule has 2 atom stereocenters. The fraction of sp³-hybridized carbons (Fsp3) is 0.692. The minimum Gasteiger partial charge on any atom is -0.444 e. The van der Waals surface area contributed by atoms with E-state index in [2.05, 4.69) is 11.2 Å². The molecule has 2 unspecified atom stereocenters. The number of hydrogen-bond acceptors (Lipinski definition) is 4. The second-order valence-electron chi connectivity index (χ2n) is 5.60. The van der Waals surface area contributed by atoms with Gasteiger partial charge in [0.15, 0.2) is 0 Å². The van der Waals surface area contributed by atoms with E-state index in [9.17, 15) is 9.59 Å². The van der Waals surface area contributed by atoms with Gasteiger partial charge in [0, 0.05) is 0 Å². The molecule has 1 amide bonds. The summed E-state index contributed by atoms with van der Waals surface area (Å²) in [7, 11) is 0. The summed E-state index contributed by atoms with van der Waals surface area (Å²) < 4.78 is 10.4. The second-order valence-corrected chi connectivity index (χ2v) is 5.60. The Bertz CT molecular complexity index is 391. The van der Waals surface area contributed by atoms with Gasteiger partial charge in [-0.25, -0.2) is 4.79 Å². The number of alkyl carbamates (subject to hydrolysis) is 1. The molecule has 0 bridgehead atoms. The van der Waals surface area contributed by atoms with E-state index in [1.165, 1.54) is 0 Å². The second kappa shape index (κ2) is 4.99. The summed E-state index contributed by atoms with van der Waals surface area (Å²) in [6, 6.07) is -0.462. The molecular weight excluding hydrogens is 234 g/mol. The average Bonchev–Trinajstić information content (AvgIpc) is 2.57. The van der Waals surface area contributed by atoms with Crippen molar-refractivity contribution in [1.82, 2.24) is 5.32 Å². The first kappa shape index (κ1) is 14.5. The summed E-state index contributed by atoms with van der Waals surface area (Å²) in [6.07, 6.45) is 4.56. The summed E-state index contributed by atoms with van der Waals surface area (Å²) in [5.41, 5.74) is -1.47. The third kappa shape index (κ3) is 3.23. The van der Waals surface area contributed by atoms with E-state index in [0.29, 0.717) is 0 Å². The Morgan fingerprint density at radius 3 is 2.61 bits per heavy atom. The molecule has 0 aromatic heterocycles. The Morgan fingerprint density at radius 1 is 1.50 bits per heavy atom. The van der Waals surface area contributed by atoms with Crippen molar-refractivity contribution in [3.8, 4) is 12.3 Å². The molecule has 100 valence electrons. The van der Waals surface area contributed by atoms with Crippen LogP contribution >= 0.6 is 0 Å². The van der Waals surface area contributed by atoms with Crippen LogP contribution in [0, 0.1) is 17.8 Å². The van der Waals surface area contributed by atoms with E-state index in [1.807, 2.05) is 0 Å². The highest BCUT2D eigenvalue weighted by Gasteiger charge is 2.46. The SMILES string of the molecule is C#CC(=O)C1(C)COCC1NC(=O)OC(C)(C)C. The molecule has 1 fully saturated rings. The number of Topliss-reactive ketones (excluding diaryl/α,β-unsaturated/α-hetero) is 1. The van der Waals surface area contributed by atoms with Crippen LogP contribution in [0.1, 0.15) is 27.7 Å². The monoisotopic (exact) mass is 253 g/mol. The fourth-order valence-corrected chi connectivity index (χ4v) is 1.71. The number of terminal acetylenes is 1. The van der Waals surface area contributed by atoms with Crippen LogP contribution in [0.5, 0.6) is 0 Å². The molecule has 0 aromatic carbocycles. The molecule has 1 heterocycles. The molecule has 0 saturated carbocycles. The molecule has 1 aliphatic heterocycles. The topological polar surface area (TPSA) is 64.6 Å². The first-order valence-corrected chi connectivity index (χ1v) is 5.77. The van der Waals surface area contributed by atoms with Gasteiger partial charge in [0.05, 0.1) is 24.7 Å². The quantitative estimate of drug-likeness (QED) is 0.591. The van der Waals surface area contributed by atoms with E-state index in [0.717, 1.165) is 0 Å². The van der Waals surface area contributed by atoms with Gasteiger partial charge in [-0.2, -0.15) is 0 Å². The Morgan fingerprint density at radius 2 is 2.11 bits per heavy atom. The zero-order valence-electron chi connectivity index (χ0n) is 11.2. The zero-order chi connectivity index (χ0) is 14.0. The Hall–Kier alpha value is -1.54. The minimum atomic E-state index is -0.883. The standard InChI is InChI=1S/C13H19NO4/c1-6-10(15)13(5)8-17-7-9(13)14-11(16)18-12(2,3)4/h1,9H,7-8H2,2-5H3,(H,14,16). The smallest absolute Gasteiger partial charge is 0.407 e. The van der Waals surface area contributed by atoms with Crippen molar-refractivity contribution < 1.29 is 19.1 Å². The van der Waals surface area contributed by atoms with Crippen molar-refractivity contribution >= 4 is 11.9 Å². The Kier molecular flexibility index (Phi) is 4.02. The van der Waals surface area contributed by atoms with Crippen LogP contribution in [0.4, 0.5) is 4.79 Å². The summed E-state index contributed by atoms with van der Waals surface area (Å²) in [5.74, 6) is 1.71. The average molecular weight is 253 g/mol. The molecule has 0 aliphatic carbocycles. The molecule has 1 aliphatic rings. The van der Waals surface area contributed by atoms with Crippen molar-refractivity contribution in [2.45, 2.75) is 39.3 Å². The molecule has 5 nitrogen and oxygen atoms in total. The minimum absolute atomic E-state index is 0.205. The van der Waals surface area contributed by atoms with Crippen molar-refractivity contribution in [2.75, 3.05) is 13.2 Å². The predicted molar refractivity (Wildman–Crippen MR) is 65.9 cm³/mol. The van der Waals surface area contributed by atoms with Gasteiger partial charge < -0.3 is 14.8 Å². The van der Waals surface area contributed by atoms with Gasteiger partial charge in [0.25, 0.3) is 0 Å². The van der Waals surface area contributed by atoms with E-state index < -0.39 is 23.2 Å². The predicted octanol–water partition coefficient (Wildman–Crippen LogP) is 1.12. The van der Waals surface area contributed by atoms with Crippen LogP contribution in [0.25, 0.3) is 0 Å². The van der Waals surface area contributed by atoms with Crippen molar-refractivity contribution in [2.24, 2.45) is 5.41 Å². The zero-order valence-corrected chi connectivity index (χ0v) is 11.2. The van der Waals surface area contributed by atoms with Gasteiger partial charge >= 0.3 is 6.09 Å². The number of hydrogen-bond donors (Lipinski definition) is 1. The maximum Gasteiger partial charge on any atom is 0.407 e. The molecular formula is C13H19NO4. The molecule has 1 rings (SSSR count). The summed E-state index contributed by atoms with van der Waals surface area (Å²) >= 11 is 0. The number of carbonyl (C=O) groups is 2. The third-order valence-corrected chi connectivity index (χ3v) is 2.80. The van der Waals surface area contributed by atoms with Gasteiger partial charge in [-0.1, -0.05) is 0 Å². The molecule has 5 heteroatoms. The van der Waals surface area contributed by atoms with Crippen LogP contribution in [0.3, 0.4) is 0 Å². The molecule has 0 spiro atoms. The highest BCUT2D eigenvalue weighted by atomic mass is 16.6. The van der Waals surface area contributed by atoms with Gasteiger partial charge in [-0.05, 0) is 33.6 Å². The van der Waals surface area contributed by atoms with E-state index >= 15 is 0 Å². The molecule has 1 saturated heterocycles. The lowest BCUT2D eigenvalue weighted by Crippen LogP contribution is -2.50. The van der Waals surface area contributed by atoms with Crippen LogP contribution in [-0.2, 0) is 14.3 Å². The van der Waals surface area contributed by atoms with Gasteiger partial charge in [0.2, 0.25) is 5.78 Å². The number of nitrogens with one attached hydrogen (secondary N) is 1. The molecule has 0 radical (unpaired) electrons. The number of carbonyl (C=O) groups excluding carboxylic acids is 2. The van der Waals surface area contributed by atoms with Crippen LogP contribution in [0.2, 0.25) is 0 Å². The highest BCUT2D eigenvalue weighted by Crippen LogP contribution is 2.29. The number of amides is 1. The van der Waals surface area contributed by atoms with Crippen molar-refractivity contribution in [1.29, 1.82) is 0 Å². The lowest BCUT2D eigenvalue weighted by atomic mass is 9.81. The molecule has 0 aromatic rings. The largest absolute Gasteiger partial charge is 0.444 e. The van der Waals surface area contributed by atoms with Crippen LogP contribution in [-0.4, -0.2) is 36.7 Å². The fourth-order valence-electron chi connectivity index (χ4n) is 1.71.